The lowest BCUT2D eigenvalue weighted by Gasteiger charge is -2.20. The highest BCUT2D eigenvalue weighted by molar-refractivity contribution is 5.94. The fourth-order valence-corrected chi connectivity index (χ4v) is 1.77. The van der Waals surface area contributed by atoms with Gasteiger partial charge >= 0.3 is 5.97 Å². The van der Waals surface area contributed by atoms with Gasteiger partial charge in [-0.25, -0.2) is 0 Å². The lowest BCUT2D eigenvalue weighted by atomic mass is 10.1. The fourth-order valence-electron chi connectivity index (χ4n) is 1.77. The molecule has 0 aliphatic heterocycles. The van der Waals surface area contributed by atoms with Gasteiger partial charge in [-0.3, -0.25) is 9.59 Å². The van der Waals surface area contributed by atoms with Crippen molar-refractivity contribution in [3.63, 3.8) is 0 Å². The van der Waals surface area contributed by atoms with E-state index in [9.17, 15) is 9.59 Å². The first-order valence-corrected chi connectivity index (χ1v) is 7.02. The maximum atomic E-state index is 12.3. The Labute approximate surface area is 125 Å². The van der Waals surface area contributed by atoms with Crippen LogP contribution >= 0.6 is 0 Å². The molecule has 1 rings (SSSR count). The summed E-state index contributed by atoms with van der Waals surface area (Å²) in [4.78, 5) is 24.5. The summed E-state index contributed by atoms with van der Waals surface area (Å²) in [6.07, 6.45) is 0. The lowest BCUT2D eigenvalue weighted by molar-refractivity contribution is -0.141. The van der Waals surface area contributed by atoms with Crippen LogP contribution in [0.2, 0.25) is 0 Å². The second-order valence-electron chi connectivity index (χ2n) is 5.66. The highest BCUT2D eigenvalue weighted by Crippen LogP contribution is 2.16. The van der Waals surface area contributed by atoms with Crippen LogP contribution in [-0.4, -0.2) is 42.1 Å². The van der Waals surface area contributed by atoms with Gasteiger partial charge in [-0.05, 0) is 24.1 Å². The molecule has 116 valence electrons. The number of ether oxygens (including phenoxy) is 1. The molecule has 1 unspecified atom stereocenters. The molecule has 0 fully saturated rings. The van der Waals surface area contributed by atoms with Gasteiger partial charge in [0.2, 0.25) is 0 Å². The molecule has 0 saturated heterocycles. The Bertz CT molecular complexity index is 499. The van der Waals surface area contributed by atoms with Crippen LogP contribution in [0.25, 0.3) is 0 Å². The average Bonchev–Trinajstić information content (AvgIpc) is 2.44. The summed E-state index contributed by atoms with van der Waals surface area (Å²) in [5, 5.41) is 8.89. The predicted octanol–water partition coefficient (Wildman–Crippen LogP) is 2.51. The number of carboxylic acids is 1. The Kier molecular flexibility index (Phi) is 6.21. The molecule has 0 aliphatic carbocycles. The Morgan fingerprint density at radius 2 is 1.95 bits per heavy atom. The van der Waals surface area contributed by atoms with Crippen LogP contribution in [0, 0.1) is 11.8 Å². The number of carboxylic acid groups (broad SMARTS) is 1. The molecule has 21 heavy (non-hydrogen) atoms. The van der Waals surface area contributed by atoms with Crippen molar-refractivity contribution in [3.05, 3.63) is 29.8 Å². The predicted molar refractivity (Wildman–Crippen MR) is 80.5 cm³/mol. The van der Waals surface area contributed by atoms with Gasteiger partial charge in [-0.1, -0.05) is 26.8 Å². The summed E-state index contributed by atoms with van der Waals surface area (Å²) in [6.45, 7) is 6.44. The van der Waals surface area contributed by atoms with E-state index in [0.717, 1.165) is 0 Å². The molecule has 0 bridgehead atoms. The normalized spacial score (nSPS) is 12.0. The number of benzene rings is 1. The number of hydrogen-bond donors (Lipinski definition) is 1. The molecule has 1 amide bonds. The molecular formula is C16H23NO4. The van der Waals surface area contributed by atoms with Gasteiger partial charge in [-0.2, -0.15) is 0 Å². The van der Waals surface area contributed by atoms with E-state index in [-0.39, 0.29) is 12.5 Å². The number of carbonyl (C=O) groups is 2. The molecule has 1 aromatic rings. The molecule has 1 atom stereocenters. The molecular weight excluding hydrogens is 270 g/mol. The van der Waals surface area contributed by atoms with Crippen molar-refractivity contribution in [2.75, 3.05) is 20.2 Å². The van der Waals surface area contributed by atoms with Crippen molar-refractivity contribution in [3.8, 4) is 5.75 Å². The second kappa shape index (κ2) is 7.67. The summed E-state index contributed by atoms with van der Waals surface area (Å²) in [5.41, 5.74) is 0.497. The molecule has 0 aliphatic rings. The molecule has 0 radical (unpaired) electrons. The zero-order valence-corrected chi connectivity index (χ0v) is 13.0. The van der Waals surface area contributed by atoms with Crippen LogP contribution in [0.4, 0.5) is 0 Å². The zero-order chi connectivity index (χ0) is 16.0. The Balaban J connectivity index is 2.73. The van der Waals surface area contributed by atoms with Gasteiger partial charge in [0.05, 0.1) is 12.5 Å². The molecule has 5 nitrogen and oxygen atoms in total. The van der Waals surface area contributed by atoms with E-state index in [1.54, 1.807) is 38.2 Å². The van der Waals surface area contributed by atoms with Crippen molar-refractivity contribution in [2.45, 2.75) is 20.8 Å². The van der Waals surface area contributed by atoms with Gasteiger partial charge in [0.25, 0.3) is 5.91 Å². The van der Waals surface area contributed by atoms with Crippen LogP contribution in [0.1, 0.15) is 31.1 Å². The minimum atomic E-state index is -0.913. The first-order valence-electron chi connectivity index (χ1n) is 7.02. The number of nitrogens with zero attached hydrogens (tertiary/aromatic N) is 1. The average molecular weight is 293 g/mol. The summed E-state index contributed by atoms with van der Waals surface area (Å²) in [5.74, 6) is -0.668. The number of aliphatic carboxylic acids is 1. The van der Waals surface area contributed by atoms with Gasteiger partial charge in [0.15, 0.2) is 0 Å². The molecule has 0 spiro atoms. The third-order valence-electron chi connectivity index (χ3n) is 2.98. The number of hydrogen-bond acceptors (Lipinski definition) is 3. The minimum Gasteiger partial charge on any atom is -0.493 e. The largest absolute Gasteiger partial charge is 0.493 e. The monoisotopic (exact) mass is 293 g/mol. The number of carbonyl (C=O) groups excluding carboxylic acids is 1. The summed E-state index contributed by atoms with van der Waals surface area (Å²) < 4.78 is 5.59. The van der Waals surface area contributed by atoms with Gasteiger partial charge < -0.3 is 14.7 Å². The number of rotatable bonds is 7. The molecule has 5 heteroatoms. The fraction of sp³-hybridized carbons (Fsp3) is 0.500. The van der Waals surface area contributed by atoms with Crippen molar-refractivity contribution < 1.29 is 19.4 Å². The van der Waals surface area contributed by atoms with Gasteiger partial charge in [0.1, 0.15) is 5.75 Å². The maximum absolute atomic E-state index is 12.3. The highest BCUT2D eigenvalue weighted by Gasteiger charge is 2.18. The minimum absolute atomic E-state index is 0.172. The second-order valence-corrected chi connectivity index (χ2v) is 5.66. The SMILES string of the molecule is CC(C)COc1cccc(C(=O)N(C)CC(C)C(=O)O)c1. The lowest BCUT2D eigenvalue weighted by Crippen LogP contribution is -2.33. The standard InChI is InChI=1S/C16H23NO4/c1-11(2)10-21-14-7-5-6-13(8-14)15(18)17(4)9-12(3)16(19)20/h5-8,11-12H,9-10H2,1-4H3,(H,19,20). The first kappa shape index (κ1) is 17.0. The van der Waals surface area contributed by atoms with E-state index in [1.807, 2.05) is 0 Å². The van der Waals surface area contributed by atoms with E-state index in [4.69, 9.17) is 9.84 Å². The smallest absolute Gasteiger partial charge is 0.308 e. The van der Waals surface area contributed by atoms with E-state index < -0.39 is 11.9 Å². The third-order valence-corrected chi connectivity index (χ3v) is 2.98. The summed E-state index contributed by atoms with van der Waals surface area (Å²) >= 11 is 0. The van der Waals surface area contributed by atoms with Crippen LogP contribution in [0.3, 0.4) is 0 Å². The Hall–Kier alpha value is -2.04. The van der Waals surface area contributed by atoms with Crippen LogP contribution in [-0.2, 0) is 4.79 Å². The molecule has 1 aromatic carbocycles. The Morgan fingerprint density at radius 3 is 2.52 bits per heavy atom. The molecule has 0 heterocycles. The van der Waals surface area contributed by atoms with E-state index >= 15 is 0 Å². The molecule has 1 N–H and O–H groups in total. The maximum Gasteiger partial charge on any atom is 0.308 e. The van der Waals surface area contributed by atoms with Crippen LogP contribution < -0.4 is 4.74 Å². The van der Waals surface area contributed by atoms with Crippen molar-refractivity contribution in [2.24, 2.45) is 11.8 Å². The van der Waals surface area contributed by atoms with E-state index in [2.05, 4.69) is 13.8 Å². The molecule has 0 saturated carbocycles. The quantitative estimate of drug-likeness (QED) is 0.839. The van der Waals surface area contributed by atoms with Gasteiger partial charge in [0, 0.05) is 19.2 Å². The Morgan fingerprint density at radius 1 is 1.29 bits per heavy atom. The van der Waals surface area contributed by atoms with Gasteiger partial charge in [-0.15, -0.1) is 0 Å². The zero-order valence-electron chi connectivity index (χ0n) is 13.0. The van der Waals surface area contributed by atoms with Crippen molar-refractivity contribution >= 4 is 11.9 Å². The van der Waals surface area contributed by atoms with Crippen molar-refractivity contribution in [1.29, 1.82) is 0 Å². The summed E-state index contributed by atoms with van der Waals surface area (Å²) in [6, 6.07) is 6.95. The summed E-state index contributed by atoms with van der Waals surface area (Å²) in [7, 11) is 1.60. The third kappa shape index (κ3) is 5.45. The van der Waals surface area contributed by atoms with Crippen LogP contribution in [0.15, 0.2) is 24.3 Å². The highest BCUT2D eigenvalue weighted by atomic mass is 16.5. The van der Waals surface area contributed by atoms with Crippen LogP contribution in [0.5, 0.6) is 5.75 Å². The first-order chi connectivity index (χ1) is 9.81. The number of amides is 1. The van der Waals surface area contributed by atoms with E-state index in [1.165, 1.54) is 4.90 Å². The van der Waals surface area contributed by atoms with Crippen molar-refractivity contribution in [1.82, 2.24) is 4.90 Å². The van der Waals surface area contributed by atoms with E-state index in [0.29, 0.717) is 23.8 Å². The molecule has 0 aromatic heterocycles. The topological polar surface area (TPSA) is 66.8 Å².